The molecule has 4 rings (SSSR count). The van der Waals surface area contributed by atoms with Crippen LogP contribution in [0.4, 0.5) is 14.6 Å². The Morgan fingerprint density at radius 2 is 1.80 bits per heavy atom. The molecule has 0 atom stereocenters. The first-order valence-electron chi connectivity index (χ1n) is 8.98. The van der Waals surface area contributed by atoms with Gasteiger partial charge in [0.15, 0.2) is 21.3 Å². The summed E-state index contributed by atoms with van der Waals surface area (Å²) in [7, 11) is -3.38. The van der Waals surface area contributed by atoms with Gasteiger partial charge in [-0.05, 0) is 24.6 Å². The molecule has 0 radical (unpaired) electrons. The molecule has 0 spiro atoms. The predicted octanol–water partition coefficient (Wildman–Crippen LogP) is 4.30. The van der Waals surface area contributed by atoms with Crippen molar-refractivity contribution in [2.75, 3.05) is 12.0 Å². The van der Waals surface area contributed by atoms with Gasteiger partial charge in [-0.3, -0.25) is 4.40 Å². The number of halogens is 2. The Balaban J connectivity index is 1.90. The Hall–Kier alpha value is -3.33. The molecule has 2 aromatic heterocycles. The van der Waals surface area contributed by atoms with Crippen LogP contribution >= 0.6 is 0 Å². The average molecular weight is 428 g/mol. The fourth-order valence-electron chi connectivity index (χ4n) is 3.26. The third-order valence-electron chi connectivity index (χ3n) is 4.89. The zero-order valence-electron chi connectivity index (χ0n) is 16.2. The number of rotatable bonds is 4. The lowest BCUT2D eigenvalue weighted by atomic mass is 10.1. The van der Waals surface area contributed by atoms with E-state index in [0.717, 1.165) is 11.8 Å². The number of aryl methyl sites for hydroxylation is 1. The van der Waals surface area contributed by atoms with Gasteiger partial charge in [-0.1, -0.05) is 30.3 Å². The molecular weight excluding hydrogens is 410 g/mol. The fraction of sp³-hybridized carbons (Fsp3) is 0.143. The van der Waals surface area contributed by atoms with Gasteiger partial charge in [-0.2, -0.15) is 0 Å². The minimum Gasteiger partial charge on any atom is -0.381 e. The smallest absolute Gasteiger partial charge is 0.263 e. The summed E-state index contributed by atoms with van der Waals surface area (Å²) in [6.07, 6.45) is 1.91. The van der Waals surface area contributed by atoms with Crippen LogP contribution in [-0.4, -0.2) is 29.0 Å². The second kappa shape index (κ2) is 7.17. The summed E-state index contributed by atoms with van der Waals surface area (Å²) in [6, 6.07) is 10.7. The summed E-state index contributed by atoms with van der Waals surface area (Å²) in [4.78, 5) is 8.87. The normalized spacial score (nSPS) is 12.0. The summed E-state index contributed by atoms with van der Waals surface area (Å²) in [5.41, 5.74) is 9.73. The monoisotopic (exact) mass is 428 g/mol. The predicted molar refractivity (Wildman–Crippen MR) is 111 cm³/mol. The molecule has 0 amide bonds. The lowest BCUT2D eigenvalue weighted by molar-refractivity contribution is 0.151. The Kier molecular flexibility index (Phi) is 4.77. The van der Waals surface area contributed by atoms with E-state index in [0.29, 0.717) is 28.2 Å². The van der Waals surface area contributed by atoms with Crippen molar-refractivity contribution in [3.63, 3.8) is 0 Å². The van der Waals surface area contributed by atoms with Crippen LogP contribution < -0.4 is 5.73 Å². The lowest BCUT2D eigenvalue weighted by Gasteiger charge is -2.10. The van der Waals surface area contributed by atoms with Crippen LogP contribution in [0.1, 0.15) is 17.6 Å². The van der Waals surface area contributed by atoms with Crippen LogP contribution in [-0.2, 0) is 9.84 Å². The summed E-state index contributed by atoms with van der Waals surface area (Å²) >= 11 is 0. The van der Waals surface area contributed by atoms with Crippen LogP contribution in [0.2, 0.25) is 0 Å². The number of nitrogens with zero attached hydrogens (tertiary/aromatic N) is 3. The molecule has 154 valence electrons. The van der Waals surface area contributed by atoms with E-state index in [1.807, 2.05) is 6.92 Å². The number of hydrogen-bond acceptors (Lipinski definition) is 5. The largest absolute Gasteiger partial charge is 0.381 e. The topological polar surface area (TPSA) is 90.3 Å². The van der Waals surface area contributed by atoms with Crippen molar-refractivity contribution in [3.8, 4) is 22.5 Å². The highest BCUT2D eigenvalue weighted by Crippen LogP contribution is 2.30. The number of sulfone groups is 1. The quantitative estimate of drug-likeness (QED) is 0.524. The average Bonchev–Trinajstić information content (AvgIpc) is 3.12. The van der Waals surface area contributed by atoms with Gasteiger partial charge in [0.2, 0.25) is 0 Å². The zero-order valence-corrected chi connectivity index (χ0v) is 17.0. The minimum absolute atomic E-state index is 0.0793. The van der Waals surface area contributed by atoms with Crippen LogP contribution in [0.25, 0.3) is 28.2 Å². The van der Waals surface area contributed by atoms with Crippen molar-refractivity contribution in [3.05, 3.63) is 66.0 Å². The van der Waals surface area contributed by atoms with Gasteiger partial charge in [0, 0.05) is 29.1 Å². The van der Waals surface area contributed by atoms with Crippen molar-refractivity contribution in [2.24, 2.45) is 0 Å². The third-order valence-corrected chi connectivity index (χ3v) is 6.00. The number of alkyl halides is 2. The Morgan fingerprint density at radius 1 is 1.10 bits per heavy atom. The van der Waals surface area contributed by atoms with Gasteiger partial charge >= 0.3 is 0 Å². The number of anilines is 1. The molecule has 4 aromatic rings. The van der Waals surface area contributed by atoms with Gasteiger partial charge in [-0.15, -0.1) is 0 Å². The lowest BCUT2D eigenvalue weighted by Crippen LogP contribution is -2.02. The molecule has 0 fully saturated rings. The highest BCUT2D eigenvalue weighted by Gasteiger charge is 2.16. The standard InChI is InChI=1S/C21H18F2N4O2S/c1-12-3-8-15(30(2,28)29)9-16(12)18-10-25-21-20(24)26-17(11-27(18)21)13-4-6-14(7-5-13)19(22)23/h3-11,19H,1-2H3,(H2,24,26). The molecule has 0 aliphatic carbocycles. The maximum Gasteiger partial charge on any atom is 0.263 e. The van der Waals surface area contributed by atoms with Crippen molar-refractivity contribution < 1.29 is 17.2 Å². The van der Waals surface area contributed by atoms with Gasteiger partial charge in [0.25, 0.3) is 6.43 Å². The Morgan fingerprint density at radius 3 is 2.43 bits per heavy atom. The summed E-state index contributed by atoms with van der Waals surface area (Å²) < 4.78 is 51.4. The van der Waals surface area contributed by atoms with Gasteiger partial charge < -0.3 is 5.73 Å². The van der Waals surface area contributed by atoms with Gasteiger partial charge in [-0.25, -0.2) is 27.2 Å². The van der Waals surface area contributed by atoms with Crippen LogP contribution in [0.3, 0.4) is 0 Å². The molecule has 0 saturated carbocycles. The first kappa shape index (κ1) is 20.0. The number of nitrogens with two attached hydrogens (primary N) is 1. The first-order valence-corrected chi connectivity index (χ1v) is 10.9. The maximum absolute atomic E-state index is 12.8. The molecule has 2 N–H and O–H groups in total. The second-order valence-corrected chi connectivity index (χ2v) is 9.04. The SMILES string of the molecule is Cc1ccc(S(C)(=O)=O)cc1-c1cnc2c(N)nc(-c3ccc(C(F)F)cc3)cn12. The van der Waals surface area contributed by atoms with Crippen LogP contribution in [0.5, 0.6) is 0 Å². The second-order valence-electron chi connectivity index (χ2n) is 7.02. The molecular formula is C21H18F2N4O2S. The van der Waals surface area contributed by atoms with Crippen molar-refractivity contribution in [1.29, 1.82) is 0 Å². The Bertz CT molecular complexity index is 1360. The van der Waals surface area contributed by atoms with Crippen LogP contribution in [0, 0.1) is 6.92 Å². The van der Waals surface area contributed by atoms with Crippen molar-refractivity contribution >= 4 is 21.3 Å². The summed E-state index contributed by atoms with van der Waals surface area (Å²) in [5, 5.41) is 0. The molecule has 0 bridgehead atoms. The number of fused-ring (bicyclic) bond motifs is 1. The zero-order chi connectivity index (χ0) is 21.6. The summed E-state index contributed by atoms with van der Waals surface area (Å²) in [6.45, 7) is 1.87. The molecule has 30 heavy (non-hydrogen) atoms. The van der Waals surface area contributed by atoms with Crippen LogP contribution in [0.15, 0.2) is 59.8 Å². The van der Waals surface area contributed by atoms with E-state index >= 15 is 0 Å². The number of benzene rings is 2. The van der Waals surface area contributed by atoms with E-state index in [-0.39, 0.29) is 16.3 Å². The maximum atomic E-state index is 12.8. The van der Waals surface area contributed by atoms with E-state index in [1.54, 1.807) is 47.1 Å². The Labute approximate surface area is 171 Å². The number of hydrogen-bond donors (Lipinski definition) is 1. The molecule has 0 unspecified atom stereocenters. The molecule has 0 saturated heterocycles. The van der Waals surface area contributed by atoms with E-state index in [9.17, 15) is 17.2 Å². The van der Waals surface area contributed by atoms with E-state index < -0.39 is 16.3 Å². The first-order chi connectivity index (χ1) is 14.1. The van der Waals surface area contributed by atoms with Crippen molar-refractivity contribution in [1.82, 2.24) is 14.4 Å². The molecule has 6 nitrogen and oxygen atoms in total. The van der Waals surface area contributed by atoms with Gasteiger partial charge in [0.05, 0.1) is 22.5 Å². The minimum atomic E-state index is -3.38. The number of imidazole rings is 1. The highest BCUT2D eigenvalue weighted by atomic mass is 32.2. The third kappa shape index (κ3) is 3.52. The molecule has 0 aliphatic rings. The van der Waals surface area contributed by atoms with E-state index in [4.69, 9.17) is 5.73 Å². The molecule has 9 heteroatoms. The molecule has 2 heterocycles. The number of aromatic nitrogens is 3. The van der Waals surface area contributed by atoms with E-state index in [1.165, 1.54) is 12.1 Å². The van der Waals surface area contributed by atoms with Crippen molar-refractivity contribution in [2.45, 2.75) is 18.2 Å². The van der Waals surface area contributed by atoms with E-state index in [2.05, 4.69) is 9.97 Å². The fourth-order valence-corrected chi connectivity index (χ4v) is 3.90. The van der Waals surface area contributed by atoms with Gasteiger partial charge in [0.1, 0.15) is 0 Å². The molecule has 2 aromatic carbocycles. The summed E-state index contributed by atoms with van der Waals surface area (Å²) in [5.74, 6) is 0.175. The molecule has 0 aliphatic heterocycles. The number of nitrogen functional groups attached to an aromatic ring is 1. The highest BCUT2D eigenvalue weighted by molar-refractivity contribution is 7.90.